The fourth-order valence-electron chi connectivity index (χ4n) is 2.83. The predicted molar refractivity (Wildman–Crippen MR) is 78.0 cm³/mol. The van der Waals surface area contributed by atoms with Crippen LogP contribution in [0.3, 0.4) is 0 Å². The molecule has 2 unspecified atom stereocenters. The summed E-state index contributed by atoms with van der Waals surface area (Å²) in [6.07, 6.45) is 5.90. The van der Waals surface area contributed by atoms with Gasteiger partial charge in [0.1, 0.15) is 12.0 Å². The first kappa shape index (κ1) is 14.3. The molecule has 1 aromatic heterocycles. The Bertz CT molecular complexity index is 552. The third kappa shape index (κ3) is 3.71. The fourth-order valence-corrected chi connectivity index (χ4v) is 2.83. The Kier molecular flexibility index (Phi) is 4.68. The number of aromatic nitrogens is 1. The Hall–Kier alpha value is -1.65. The van der Waals surface area contributed by atoms with E-state index in [0.717, 1.165) is 36.9 Å². The van der Waals surface area contributed by atoms with Gasteiger partial charge in [0.25, 0.3) is 0 Å². The van der Waals surface area contributed by atoms with Crippen molar-refractivity contribution in [3.63, 3.8) is 0 Å². The number of nitrogens with zero attached hydrogens (tertiary/aromatic N) is 1. The lowest BCUT2D eigenvalue weighted by molar-refractivity contribution is -0.0138. The highest BCUT2D eigenvalue weighted by molar-refractivity contribution is 5.52. The molecule has 0 spiro atoms. The molecule has 0 amide bonds. The van der Waals surface area contributed by atoms with E-state index in [9.17, 15) is 5.11 Å². The van der Waals surface area contributed by atoms with Crippen LogP contribution in [-0.2, 0) is 16.5 Å². The summed E-state index contributed by atoms with van der Waals surface area (Å²) in [5.41, 5.74) is 1.77. The molecule has 1 saturated carbocycles. The van der Waals surface area contributed by atoms with Gasteiger partial charge >= 0.3 is 0 Å². The topological polar surface area (TPSA) is 55.2 Å². The second-order valence-electron chi connectivity index (χ2n) is 5.64. The van der Waals surface area contributed by atoms with Crippen molar-refractivity contribution < 1.29 is 14.3 Å². The molecule has 4 nitrogen and oxygen atoms in total. The minimum absolute atomic E-state index is 0.0158. The zero-order valence-electron chi connectivity index (χ0n) is 12.0. The Morgan fingerprint density at radius 2 is 2.10 bits per heavy atom. The number of hydrogen-bond acceptors (Lipinski definition) is 3. The van der Waals surface area contributed by atoms with Crippen LogP contribution in [0.1, 0.15) is 31.4 Å². The molecule has 2 atom stereocenters. The van der Waals surface area contributed by atoms with Crippen molar-refractivity contribution in [2.75, 3.05) is 6.61 Å². The molecule has 21 heavy (non-hydrogen) atoms. The monoisotopic (exact) mass is 286 g/mol. The van der Waals surface area contributed by atoms with Crippen LogP contribution < -0.4 is 0 Å². The maximum Gasteiger partial charge on any atom is 0.226 e. The molecule has 1 heterocycles. The van der Waals surface area contributed by atoms with Crippen LogP contribution in [0.4, 0.5) is 0 Å². The molecule has 1 aliphatic carbocycles. The third-order valence-corrected chi connectivity index (χ3v) is 4.01. The molecule has 0 N–H and O–H groups in total. The van der Waals surface area contributed by atoms with Gasteiger partial charge in [-0.25, -0.2) is 10.1 Å². The summed E-state index contributed by atoms with van der Waals surface area (Å²) in [5, 5.41) is 11.0. The minimum atomic E-state index is 0.0158. The van der Waals surface area contributed by atoms with Gasteiger partial charge in [-0.2, -0.15) is 0 Å². The fraction of sp³-hybridized carbons (Fsp3) is 0.471. The van der Waals surface area contributed by atoms with Crippen LogP contribution in [0.5, 0.6) is 0 Å². The van der Waals surface area contributed by atoms with Gasteiger partial charge < -0.3 is 9.15 Å². The van der Waals surface area contributed by atoms with Gasteiger partial charge in [0, 0.05) is 5.56 Å². The first-order chi connectivity index (χ1) is 10.3. The average Bonchev–Trinajstić information content (AvgIpc) is 3.03. The minimum Gasteiger partial charge on any atom is -0.444 e. The molecule has 1 fully saturated rings. The zero-order chi connectivity index (χ0) is 14.5. The first-order valence-electron chi connectivity index (χ1n) is 7.54. The van der Waals surface area contributed by atoms with Crippen LogP contribution >= 0.6 is 0 Å². The molecule has 0 saturated heterocycles. The first-order valence-corrected chi connectivity index (χ1v) is 7.54. The molecular weight excluding hydrogens is 266 g/mol. The number of rotatable bonds is 5. The third-order valence-electron chi connectivity index (χ3n) is 4.01. The maximum absolute atomic E-state index is 11.0. The molecule has 111 valence electrons. The van der Waals surface area contributed by atoms with Crippen molar-refractivity contribution in [3.05, 3.63) is 42.3 Å². The second-order valence-corrected chi connectivity index (χ2v) is 5.64. The van der Waals surface area contributed by atoms with Crippen molar-refractivity contribution in [1.29, 1.82) is 0 Å². The number of hydrogen-bond donors (Lipinski definition) is 0. The highest BCUT2D eigenvalue weighted by Gasteiger charge is 2.22. The van der Waals surface area contributed by atoms with E-state index in [1.807, 2.05) is 30.3 Å². The number of oxazole rings is 1. The van der Waals surface area contributed by atoms with E-state index in [1.165, 1.54) is 0 Å². The van der Waals surface area contributed by atoms with Crippen LogP contribution in [0.2, 0.25) is 0 Å². The lowest BCUT2D eigenvalue weighted by Crippen LogP contribution is -2.24. The lowest BCUT2D eigenvalue weighted by atomic mass is 9.88. The summed E-state index contributed by atoms with van der Waals surface area (Å²) in [4.78, 5) is 4.45. The summed E-state index contributed by atoms with van der Waals surface area (Å²) in [6.45, 7) is 0.467. The van der Waals surface area contributed by atoms with Crippen molar-refractivity contribution in [2.24, 2.45) is 5.92 Å². The lowest BCUT2D eigenvalue weighted by Gasteiger charge is -2.27. The Morgan fingerprint density at radius 1 is 1.24 bits per heavy atom. The highest BCUT2D eigenvalue weighted by atomic mass is 16.5. The second kappa shape index (κ2) is 6.87. The Labute approximate surface area is 124 Å². The number of benzene rings is 1. The largest absolute Gasteiger partial charge is 0.444 e. The van der Waals surface area contributed by atoms with E-state index in [1.54, 1.807) is 6.26 Å². The van der Waals surface area contributed by atoms with Crippen molar-refractivity contribution in [3.8, 4) is 11.5 Å². The predicted octanol–water partition coefficient (Wildman–Crippen LogP) is 3.85. The van der Waals surface area contributed by atoms with Gasteiger partial charge in [0.2, 0.25) is 5.89 Å². The van der Waals surface area contributed by atoms with Gasteiger partial charge in [-0.1, -0.05) is 24.6 Å². The summed E-state index contributed by atoms with van der Waals surface area (Å²) in [5.74, 6) is 0.899. The molecule has 2 aromatic rings. The van der Waals surface area contributed by atoms with E-state index in [-0.39, 0.29) is 18.6 Å². The van der Waals surface area contributed by atoms with Crippen LogP contribution in [0, 0.1) is 5.92 Å². The molecule has 3 rings (SSSR count). The Balaban J connectivity index is 1.55. The van der Waals surface area contributed by atoms with Gasteiger partial charge in [0.05, 0.1) is 19.3 Å². The summed E-state index contributed by atoms with van der Waals surface area (Å²) in [7, 11) is 0. The standard InChI is InChI=1S/C17H20NO3/c19-10-13-5-4-8-16(9-13)20-11-15-12-21-17(18-15)14-6-2-1-3-7-14/h1-3,6-7,12-13,16H,4-5,8-11H2. The molecule has 0 bridgehead atoms. The maximum atomic E-state index is 11.0. The van der Waals surface area contributed by atoms with Crippen molar-refractivity contribution in [1.82, 2.24) is 4.98 Å². The number of ether oxygens (including phenoxy) is 1. The van der Waals surface area contributed by atoms with Crippen molar-refractivity contribution >= 4 is 0 Å². The smallest absolute Gasteiger partial charge is 0.226 e. The summed E-state index contributed by atoms with van der Waals surface area (Å²) < 4.78 is 11.4. The van der Waals surface area contributed by atoms with Gasteiger partial charge in [-0.3, -0.25) is 0 Å². The van der Waals surface area contributed by atoms with Crippen molar-refractivity contribution in [2.45, 2.75) is 38.4 Å². The summed E-state index contributed by atoms with van der Waals surface area (Å²) in [6, 6.07) is 9.82. The molecule has 4 heteroatoms. The van der Waals surface area contributed by atoms with Crippen LogP contribution in [0.25, 0.3) is 11.5 Å². The average molecular weight is 286 g/mol. The van der Waals surface area contributed by atoms with Gasteiger partial charge in [-0.05, 0) is 37.3 Å². The molecule has 0 aliphatic heterocycles. The molecular formula is C17H20NO3. The highest BCUT2D eigenvalue weighted by Crippen LogP contribution is 2.27. The van der Waals surface area contributed by atoms with Crippen LogP contribution in [-0.4, -0.2) is 17.7 Å². The molecule has 1 radical (unpaired) electrons. The summed E-state index contributed by atoms with van der Waals surface area (Å²) >= 11 is 0. The van der Waals surface area contributed by atoms with E-state index in [2.05, 4.69) is 4.98 Å². The van der Waals surface area contributed by atoms with Gasteiger partial charge in [-0.15, -0.1) is 0 Å². The van der Waals surface area contributed by atoms with E-state index in [0.29, 0.717) is 12.5 Å². The van der Waals surface area contributed by atoms with Gasteiger partial charge in [0.15, 0.2) is 0 Å². The van der Waals surface area contributed by atoms with E-state index >= 15 is 0 Å². The normalized spacial score (nSPS) is 22.3. The van der Waals surface area contributed by atoms with Crippen LogP contribution in [0.15, 0.2) is 41.0 Å². The van der Waals surface area contributed by atoms with E-state index < -0.39 is 0 Å². The zero-order valence-corrected chi connectivity index (χ0v) is 12.0. The molecule has 1 aliphatic rings. The SMILES string of the molecule is [O]CC1CCCC(OCc2coc(-c3ccccc3)n2)C1. The quantitative estimate of drug-likeness (QED) is 0.839. The molecule has 1 aromatic carbocycles. The van der Waals surface area contributed by atoms with E-state index in [4.69, 9.17) is 9.15 Å². The Morgan fingerprint density at radius 3 is 2.90 bits per heavy atom.